The monoisotopic (exact) mass is 363 g/mol. The van der Waals surface area contributed by atoms with Gasteiger partial charge in [0.2, 0.25) is 11.7 Å². The Bertz CT molecular complexity index is 890. The number of hydrogen-bond donors (Lipinski definition) is 0. The highest BCUT2D eigenvalue weighted by atomic mass is 16.5. The molecule has 0 atom stereocenters. The predicted octanol–water partition coefficient (Wildman–Crippen LogP) is 3.81. The van der Waals surface area contributed by atoms with Gasteiger partial charge in [0, 0.05) is 29.8 Å². The number of aryl methyl sites for hydroxylation is 1. The molecule has 140 valence electrons. The van der Waals surface area contributed by atoms with E-state index in [0.29, 0.717) is 11.7 Å². The molecule has 0 amide bonds. The first-order chi connectivity index (χ1) is 13.2. The fraction of sp³-hybridized carbons (Fsp3) is 0.381. The van der Waals surface area contributed by atoms with Gasteiger partial charge < -0.3 is 4.52 Å². The molecule has 0 aliphatic carbocycles. The van der Waals surface area contributed by atoms with Gasteiger partial charge in [-0.3, -0.25) is 9.58 Å². The first-order valence-corrected chi connectivity index (χ1v) is 9.48. The van der Waals surface area contributed by atoms with Crippen LogP contribution in [0.1, 0.15) is 35.9 Å². The van der Waals surface area contributed by atoms with Gasteiger partial charge in [0.25, 0.3) is 0 Å². The van der Waals surface area contributed by atoms with Gasteiger partial charge in [-0.1, -0.05) is 41.6 Å². The zero-order valence-electron chi connectivity index (χ0n) is 15.7. The molecule has 1 aliphatic rings. The summed E-state index contributed by atoms with van der Waals surface area (Å²) < 4.78 is 7.51. The number of aromatic nitrogens is 4. The molecule has 4 rings (SSSR count). The van der Waals surface area contributed by atoms with E-state index in [1.54, 1.807) is 0 Å². The van der Waals surface area contributed by atoms with Gasteiger partial charge in [-0.05, 0) is 32.9 Å². The van der Waals surface area contributed by atoms with E-state index in [1.165, 1.54) is 5.56 Å². The first-order valence-electron chi connectivity index (χ1n) is 9.48. The van der Waals surface area contributed by atoms with Crippen LogP contribution in [-0.4, -0.2) is 37.9 Å². The maximum absolute atomic E-state index is 5.56. The molecule has 0 bridgehead atoms. The number of allylic oxidation sites excluding steroid dienone is 1. The Morgan fingerprint density at radius 1 is 1.22 bits per heavy atom. The zero-order chi connectivity index (χ0) is 18.6. The van der Waals surface area contributed by atoms with Crippen molar-refractivity contribution in [2.45, 2.75) is 38.8 Å². The second-order valence-corrected chi connectivity index (χ2v) is 7.12. The fourth-order valence-electron chi connectivity index (χ4n) is 3.62. The average Bonchev–Trinajstić information content (AvgIpc) is 3.31. The van der Waals surface area contributed by atoms with Crippen LogP contribution in [0.2, 0.25) is 0 Å². The molecule has 1 saturated heterocycles. The molecule has 1 aliphatic heterocycles. The molecule has 3 heterocycles. The minimum Gasteiger partial charge on any atom is -0.339 e. The van der Waals surface area contributed by atoms with Crippen molar-refractivity contribution >= 4 is 0 Å². The van der Waals surface area contributed by atoms with Gasteiger partial charge in [-0.25, -0.2) is 0 Å². The molecule has 3 aromatic rings. The summed E-state index contributed by atoms with van der Waals surface area (Å²) in [5.41, 5.74) is 3.39. The Labute approximate surface area is 159 Å². The Morgan fingerprint density at radius 3 is 2.74 bits per heavy atom. The highest BCUT2D eigenvalue weighted by Crippen LogP contribution is 2.29. The summed E-state index contributed by atoms with van der Waals surface area (Å²) in [5.74, 6) is 1.79. The van der Waals surface area contributed by atoms with E-state index in [9.17, 15) is 0 Å². The van der Waals surface area contributed by atoms with E-state index in [0.717, 1.165) is 56.2 Å². The third-order valence-electron chi connectivity index (χ3n) is 5.17. The summed E-state index contributed by atoms with van der Waals surface area (Å²) >= 11 is 0. The normalized spacial score (nSPS) is 15.9. The van der Waals surface area contributed by atoms with Crippen molar-refractivity contribution in [3.05, 3.63) is 66.3 Å². The van der Waals surface area contributed by atoms with Gasteiger partial charge in [0.15, 0.2) is 0 Å². The molecular formula is C21H25N5O. The third-order valence-corrected chi connectivity index (χ3v) is 5.17. The maximum Gasteiger partial charge on any atom is 0.230 e. The highest BCUT2D eigenvalue weighted by molar-refractivity contribution is 5.53. The molecular weight excluding hydrogens is 338 g/mol. The number of likely N-dealkylation sites (tertiary alicyclic amines) is 1. The van der Waals surface area contributed by atoms with E-state index < -0.39 is 0 Å². The molecule has 0 spiro atoms. The second-order valence-electron chi connectivity index (χ2n) is 7.12. The summed E-state index contributed by atoms with van der Waals surface area (Å²) in [6.07, 6.45) is 6.08. The molecule has 0 N–H and O–H groups in total. The van der Waals surface area contributed by atoms with Gasteiger partial charge in [-0.2, -0.15) is 10.1 Å². The Kier molecular flexibility index (Phi) is 5.16. The number of nitrogens with zero attached hydrogens (tertiary/aromatic N) is 5. The Balaban J connectivity index is 1.35. The molecule has 6 nitrogen and oxygen atoms in total. The molecule has 0 unspecified atom stereocenters. The quantitative estimate of drug-likeness (QED) is 0.623. The van der Waals surface area contributed by atoms with E-state index >= 15 is 0 Å². The number of benzene rings is 1. The van der Waals surface area contributed by atoms with Crippen LogP contribution in [0.5, 0.6) is 0 Å². The molecule has 27 heavy (non-hydrogen) atoms. The zero-order valence-corrected chi connectivity index (χ0v) is 15.7. The third kappa shape index (κ3) is 4.01. The Hall–Kier alpha value is -2.73. The second kappa shape index (κ2) is 7.88. The van der Waals surface area contributed by atoms with Gasteiger partial charge in [0.1, 0.15) is 0 Å². The van der Waals surface area contributed by atoms with Crippen molar-refractivity contribution in [1.82, 2.24) is 24.8 Å². The lowest BCUT2D eigenvalue weighted by atomic mass is 9.96. The van der Waals surface area contributed by atoms with E-state index in [1.807, 2.05) is 41.1 Å². The van der Waals surface area contributed by atoms with Crippen LogP contribution in [0.15, 0.2) is 53.7 Å². The van der Waals surface area contributed by atoms with Crippen LogP contribution in [-0.2, 0) is 13.1 Å². The van der Waals surface area contributed by atoms with Gasteiger partial charge in [0.05, 0.1) is 12.2 Å². The summed E-state index contributed by atoms with van der Waals surface area (Å²) in [7, 11) is 0. The molecule has 0 radical (unpaired) electrons. The van der Waals surface area contributed by atoms with Crippen LogP contribution in [0, 0.1) is 6.92 Å². The predicted molar refractivity (Wildman–Crippen MR) is 104 cm³/mol. The van der Waals surface area contributed by atoms with Crippen molar-refractivity contribution in [3.63, 3.8) is 0 Å². The van der Waals surface area contributed by atoms with Crippen LogP contribution >= 0.6 is 0 Å². The van der Waals surface area contributed by atoms with E-state index in [2.05, 4.69) is 39.8 Å². The van der Waals surface area contributed by atoms with E-state index in [-0.39, 0.29) is 0 Å². The summed E-state index contributed by atoms with van der Waals surface area (Å²) in [5, 5.41) is 8.71. The van der Waals surface area contributed by atoms with Gasteiger partial charge >= 0.3 is 0 Å². The average molecular weight is 363 g/mol. The number of hydrogen-bond acceptors (Lipinski definition) is 5. The summed E-state index contributed by atoms with van der Waals surface area (Å²) in [4.78, 5) is 7.11. The highest BCUT2D eigenvalue weighted by Gasteiger charge is 2.26. The number of piperidine rings is 1. The molecule has 2 aromatic heterocycles. The van der Waals surface area contributed by atoms with Crippen LogP contribution in [0.3, 0.4) is 0 Å². The summed E-state index contributed by atoms with van der Waals surface area (Å²) in [6, 6.07) is 9.98. The lowest BCUT2D eigenvalue weighted by molar-refractivity contribution is 0.187. The van der Waals surface area contributed by atoms with Crippen molar-refractivity contribution < 1.29 is 4.52 Å². The SMILES string of the molecule is C=CCn1cc(CN2CCC(c3nc(-c4ccccc4)no3)CC2)c(C)n1. The standard InChI is InChI=1S/C21H25N5O/c1-3-11-26-15-19(16(2)23-26)14-25-12-9-18(10-13-25)21-22-20(24-27-21)17-7-5-4-6-8-17/h3-8,15,18H,1,9-14H2,2H3. The molecule has 1 fully saturated rings. The minimum absolute atomic E-state index is 0.343. The maximum atomic E-state index is 5.56. The van der Waals surface area contributed by atoms with Gasteiger partial charge in [-0.15, -0.1) is 6.58 Å². The minimum atomic E-state index is 0.343. The lowest BCUT2D eigenvalue weighted by Crippen LogP contribution is -2.32. The largest absolute Gasteiger partial charge is 0.339 e. The summed E-state index contributed by atoms with van der Waals surface area (Å²) in [6.45, 7) is 9.60. The molecule has 1 aromatic carbocycles. The number of rotatable bonds is 6. The van der Waals surface area contributed by atoms with Crippen molar-refractivity contribution in [1.29, 1.82) is 0 Å². The lowest BCUT2D eigenvalue weighted by Gasteiger charge is -2.30. The van der Waals surface area contributed by atoms with Crippen LogP contribution in [0.4, 0.5) is 0 Å². The smallest absolute Gasteiger partial charge is 0.230 e. The van der Waals surface area contributed by atoms with Crippen LogP contribution < -0.4 is 0 Å². The Morgan fingerprint density at radius 2 is 2.00 bits per heavy atom. The van der Waals surface area contributed by atoms with Crippen molar-refractivity contribution in [2.75, 3.05) is 13.1 Å². The molecule has 0 saturated carbocycles. The van der Waals surface area contributed by atoms with Crippen molar-refractivity contribution in [2.24, 2.45) is 0 Å². The fourth-order valence-corrected chi connectivity index (χ4v) is 3.62. The van der Waals surface area contributed by atoms with Crippen molar-refractivity contribution in [3.8, 4) is 11.4 Å². The van der Waals surface area contributed by atoms with Crippen LogP contribution in [0.25, 0.3) is 11.4 Å². The topological polar surface area (TPSA) is 60.0 Å². The van der Waals surface area contributed by atoms with E-state index in [4.69, 9.17) is 4.52 Å². The molecule has 6 heteroatoms. The first kappa shape index (κ1) is 17.7.